The third-order valence-electron chi connectivity index (χ3n) is 4.01. The molecule has 0 radical (unpaired) electrons. The highest BCUT2D eigenvalue weighted by Crippen LogP contribution is 2.27. The van der Waals surface area contributed by atoms with Crippen molar-refractivity contribution in [3.05, 3.63) is 59.7 Å². The van der Waals surface area contributed by atoms with Crippen LogP contribution in [0.15, 0.2) is 48.5 Å². The number of carbonyl (C=O) groups is 2. The summed E-state index contributed by atoms with van der Waals surface area (Å²) in [4.78, 5) is 23.5. The molecular formula is C21H25NO5. The van der Waals surface area contributed by atoms with Crippen molar-refractivity contribution in [1.82, 2.24) is 5.32 Å². The first kappa shape index (κ1) is 20.3. The Morgan fingerprint density at radius 3 is 2.33 bits per heavy atom. The van der Waals surface area contributed by atoms with Crippen LogP contribution in [0.2, 0.25) is 0 Å². The van der Waals surface area contributed by atoms with E-state index in [2.05, 4.69) is 5.32 Å². The predicted octanol–water partition coefficient (Wildman–Crippen LogP) is 2.54. The Balaban J connectivity index is 1.65. The Kier molecular flexibility index (Phi) is 8.16. The zero-order valence-electron chi connectivity index (χ0n) is 15.7. The van der Waals surface area contributed by atoms with Crippen LogP contribution in [0.4, 0.5) is 0 Å². The molecule has 0 heterocycles. The maximum atomic E-state index is 11.8. The molecule has 144 valence electrons. The second kappa shape index (κ2) is 10.9. The summed E-state index contributed by atoms with van der Waals surface area (Å²) in [6.07, 6.45) is 1.48. The molecule has 2 aromatic carbocycles. The average Bonchev–Trinajstić information content (AvgIpc) is 2.71. The molecule has 2 rings (SSSR count). The van der Waals surface area contributed by atoms with Crippen molar-refractivity contribution in [1.29, 1.82) is 0 Å². The monoisotopic (exact) mass is 371 g/mol. The molecule has 0 aromatic heterocycles. The van der Waals surface area contributed by atoms with Gasteiger partial charge in [-0.25, -0.2) is 0 Å². The molecule has 0 unspecified atom stereocenters. The van der Waals surface area contributed by atoms with Crippen LogP contribution in [0, 0.1) is 0 Å². The van der Waals surface area contributed by atoms with Gasteiger partial charge in [0.05, 0.1) is 14.2 Å². The van der Waals surface area contributed by atoms with E-state index in [-0.39, 0.29) is 24.9 Å². The van der Waals surface area contributed by atoms with Crippen molar-refractivity contribution >= 4 is 11.9 Å². The van der Waals surface area contributed by atoms with Crippen LogP contribution in [0.1, 0.15) is 17.5 Å². The number of benzene rings is 2. The van der Waals surface area contributed by atoms with Gasteiger partial charge in [0.15, 0.2) is 18.1 Å². The lowest BCUT2D eigenvalue weighted by molar-refractivity contribution is -0.148. The quantitative estimate of drug-likeness (QED) is 0.650. The summed E-state index contributed by atoms with van der Waals surface area (Å²) in [5, 5.41) is 2.74. The van der Waals surface area contributed by atoms with Crippen LogP contribution >= 0.6 is 0 Å². The number of nitrogens with one attached hydrogen (secondary N) is 1. The first-order valence-electron chi connectivity index (χ1n) is 8.79. The first-order chi connectivity index (χ1) is 13.1. The number of esters is 1. The summed E-state index contributed by atoms with van der Waals surface area (Å²) in [5.41, 5.74) is 2.07. The molecule has 0 atom stereocenters. The Bertz CT molecular complexity index is 745. The number of amides is 1. The minimum atomic E-state index is -0.381. The van der Waals surface area contributed by atoms with Crippen LogP contribution in [-0.2, 0) is 27.2 Å². The normalized spacial score (nSPS) is 10.1. The number of hydrogen-bond acceptors (Lipinski definition) is 5. The zero-order chi connectivity index (χ0) is 19.5. The van der Waals surface area contributed by atoms with Crippen molar-refractivity contribution in [3.8, 4) is 11.5 Å². The number of hydrogen-bond donors (Lipinski definition) is 1. The standard InChI is InChI=1S/C21H25NO5/c1-25-18-10-8-17(14-19(18)26-2)12-13-22-20(23)15-27-21(24)11-9-16-6-4-3-5-7-16/h3-8,10,14H,9,11-13,15H2,1-2H3,(H,22,23). The minimum Gasteiger partial charge on any atom is -0.493 e. The average molecular weight is 371 g/mol. The fourth-order valence-corrected chi connectivity index (χ4v) is 2.54. The van der Waals surface area contributed by atoms with Crippen LogP contribution in [0.5, 0.6) is 11.5 Å². The molecule has 2 aromatic rings. The summed E-state index contributed by atoms with van der Waals surface area (Å²) < 4.78 is 15.5. The summed E-state index contributed by atoms with van der Waals surface area (Å²) in [7, 11) is 3.16. The van der Waals surface area contributed by atoms with E-state index < -0.39 is 0 Å². The van der Waals surface area contributed by atoms with Gasteiger partial charge in [-0.2, -0.15) is 0 Å². The van der Waals surface area contributed by atoms with E-state index in [1.54, 1.807) is 14.2 Å². The summed E-state index contributed by atoms with van der Waals surface area (Å²) in [5.74, 6) is 0.610. The van der Waals surface area contributed by atoms with Gasteiger partial charge in [0, 0.05) is 13.0 Å². The van der Waals surface area contributed by atoms with E-state index in [4.69, 9.17) is 14.2 Å². The van der Waals surface area contributed by atoms with Crippen molar-refractivity contribution < 1.29 is 23.8 Å². The molecule has 0 bridgehead atoms. The van der Waals surface area contributed by atoms with Crippen molar-refractivity contribution in [3.63, 3.8) is 0 Å². The zero-order valence-corrected chi connectivity index (χ0v) is 15.7. The maximum Gasteiger partial charge on any atom is 0.306 e. The van der Waals surface area contributed by atoms with E-state index in [0.29, 0.717) is 30.9 Å². The smallest absolute Gasteiger partial charge is 0.306 e. The topological polar surface area (TPSA) is 73.9 Å². The lowest BCUT2D eigenvalue weighted by Crippen LogP contribution is -2.30. The Hall–Kier alpha value is -3.02. The van der Waals surface area contributed by atoms with Gasteiger partial charge in [-0.15, -0.1) is 0 Å². The summed E-state index contributed by atoms with van der Waals surface area (Å²) >= 11 is 0. The Labute approximate surface area is 159 Å². The summed E-state index contributed by atoms with van der Waals surface area (Å²) in [6, 6.07) is 15.3. The van der Waals surface area contributed by atoms with Gasteiger partial charge in [0.2, 0.25) is 0 Å². The maximum absolute atomic E-state index is 11.8. The molecule has 0 saturated carbocycles. The van der Waals surface area contributed by atoms with Crippen LogP contribution in [-0.4, -0.2) is 39.2 Å². The molecule has 1 amide bonds. The van der Waals surface area contributed by atoms with Crippen molar-refractivity contribution in [2.24, 2.45) is 0 Å². The molecule has 27 heavy (non-hydrogen) atoms. The van der Waals surface area contributed by atoms with E-state index in [1.165, 1.54) is 0 Å². The van der Waals surface area contributed by atoms with E-state index in [9.17, 15) is 9.59 Å². The second-order valence-electron chi connectivity index (χ2n) is 5.94. The third-order valence-corrected chi connectivity index (χ3v) is 4.01. The molecule has 1 N–H and O–H groups in total. The first-order valence-corrected chi connectivity index (χ1v) is 8.79. The lowest BCUT2D eigenvalue weighted by atomic mass is 10.1. The Morgan fingerprint density at radius 2 is 1.63 bits per heavy atom. The van der Waals surface area contributed by atoms with Crippen molar-refractivity contribution in [2.45, 2.75) is 19.3 Å². The Morgan fingerprint density at radius 1 is 0.889 bits per heavy atom. The van der Waals surface area contributed by atoms with E-state index >= 15 is 0 Å². The molecule has 0 fully saturated rings. The minimum absolute atomic E-state index is 0.253. The van der Waals surface area contributed by atoms with Gasteiger partial charge >= 0.3 is 5.97 Å². The van der Waals surface area contributed by atoms with E-state index in [0.717, 1.165) is 11.1 Å². The lowest BCUT2D eigenvalue weighted by Gasteiger charge is -2.10. The predicted molar refractivity (Wildman–Crippen MR) is 102 cm³/mol. The second-order valence-corrected chi connectivity index (χ2v) is 5.94. The van der Waals surface area contributed by atoms with Gasteiger partial charge in [-0.05, 0) is 36.1 Å². The van der Waals surface area contributed by atoms with E-state index in [1.807, 2.05) is 48.5 Å². The highest BCUT2D eigenvalue weighted by atomic mass is 16.5. The van der Waals surface area contributed by atoms with Gasteiger partial charge < -0.3 is 19.5 Å². The fraction of sp³-hybridized carbons (Fsp3) is 0.333. The van der Waals surface area contributed by atoms with Crippen LogP contribution in [0.25, 0.3) is 0 Å². The fourth-order valence-electron chi connectivity index (χ4n) is 2.54. The molecule has 0 aliphatic carbocycles. The highest BCUT2D eigenvalue weighted by Gasteiger charge is 2.08. The number of ether oxygens (including phenoxy) is 3. The molecular weight excluding hydrogens is 346 g/mol. The van der Waals surface area contributed by atoms with Crippen LogP contribution < -0.4 is 14.8 Å². The molecule has 0 aliphatic rings. The van der Waals surface area contributed by atoms with Crippen LogP contribution in [0.3, 0.4) is 0 Å². The highest BCUT2D eigenvalue weighted by molar-refractivity contribution is 5.80. The number of aryl methyl sites for hydroxylation is 1. The molecule has 0 spiro atoms. The number of carbonyl (C=O) groups excluding carboxylic acids is 2. The van der Waals surface area contributed by atoms with Crippen molar-refractivity contribution in [2.75, 3.05) is 27.4 Å². The number of methoxy groups -OCH3 is 2. The van der Waals surface area contributed by atoms with Gasteiger partial charge in [-0.3, -0.25) is 9.59 Å². The third kappa shape index (κ3) is 7.01. The SMILES string of the molecule is COc1ccc(CCNC(=O)COC(=O)CCc2ccccc2)cc1OC. The van der Waals surface area contributed by atoms with Gasteiger partial charge in [0.25, 0.3) is 5.91 Å². The largest absolute Gasteiger partial charge is 0.493 e. The molecule has 0 saturated heterocycles. The molecule has 6 nitrogen and oxygen atoms in total. The van der Waals surface area contributed by atoms with Gasteiger partial charge in [0.1, 0.15) is 0 Å². The number of rotatable bonds is 10. The summed E-state index contributed by atoms with van der Waals surface area (Å²) in [6.45, 7) is 0.176. The molecule has 0 aliphatic heterocycles. The van der Waals surface area contributed by atoms with Gasteiger partial charge in [-0.1, -0.05) is 36.4 Å². The molecule has 6 heteroatoms.